The number of aromatic amines is 2. The number of halogens is 1. The van der Waals surface area contributed by atoms with E-state index in [9.17, 15) is 9.59 Å². The Kier molecular flexibility index (Phi) is 2.76. The van der Waals surface area contributed by atoms with Crippen molar-refractivity contribution < 1.29 is 0 Å². The van der Waals surface area contributed by atoms with E-state index < -0.39 is 11.2 Å². The van der Waals surface area contributed by atoms with E-state index in [4.69, 9.17) is 11.6 Å². The van der Waals surface area contributed by atoms with Gasteiger partial charge >= 0.3 is 5.69 Å². The molecule has 0 unspecified atom stereocenters. The molecule has 0 bridgehead atoms. The van der Waals surface area contributed by atoms with Crippen molar-refractivity contribution in [2.75, 3.05) is 0 Å². The van der Waals surface area contributed by atoms with Crippen LogP contribution in [0, 0.1) is 6.92 Å². The van der Waals surface area contributed by atoms with Crippen LogP contribution in [0.1, 0.15) is 5.56 Å². The van der Waals surface area contributed by atoms with Gasteiger partial charge in [-0.15, -0.1) is 0 Å². The zero-order valence-electron chi connectivity index (χ0n) is 10.8. The van der Waals surface area contributed by atoms with Crippen molar-refractivity contribution in [3.05, 3.63) is 49.6 Å². The van der Waals surface area contributed by atoms with Gasteiger partial charge in [-0.1, -0.05) is 23.7 Å². The highest BCUT2D eigenvalue weighted by atomic mass is 35.5. The molecule has 102 valence electrons. The average molecular weight is 291 g/mol. The Hall–Kier alpha value is -2.34. The molecule has 2 aromatic heterocycles. The molecule has 20 heavy (non-hydrogen) atoms. The van der Waals surface area contributed by atoms with Crippen LogP contribution in [0.15, 0.2) is 27.8 Å². The van der Waals surface area contributed by atoms with Crippen LogP contribution in [-0.2, 0) is 7.05 Å². The third kappa shape index (κ3) is 1.85. The number of benzene rings is 1. The lowest BCUT2D eigenvalue weighted by molar-refractivity contribution is 0.832. The van der Waals surface area contributed by atoms with Crippen LogP contribution >= 0.6 is 11.6 Å². The van der Waals surface area contributed by atoms with E-state index in [2.05, 4.69) is 15.0 Å². The molecular weight excluding hydrogens is 280 g/mol. The molecular formula is C13H11ClN4O2. The Morgan fingerprint density at radius 3 is 2.70 bits per heavy atom. The van der Waals surface area contributed by atoms with Gasteiger partial charge < -0.3 is 4.98 Å². The normalized spacial score (nSPS) is 11.2. The average Bonchev–Trinajstić information content (AvgIpc) is 2.85. The summed E-state index contributed by atoms with van der Waals surface area (Å²) in [6, 6.07) is 5.49. The van der Waals surface area contributed by atoms with Crippen LogP contribution in [0.4, 0.5) is 0 Å². The first-order valence-corrected chi connectivity index (χ1v) is 6.30. The number of nitrogens with zero attached hydrogens (tertiary/aromatic N) is 2. The minimum atomic E-state index is -0.498. The van der Waals surface area contributed by atoms with Crippen LogP contribution in [0.5, 0.6) is 0 Å². The summed E-state index contributed by atoms with van der Waals surface area (Å²) in [6.45, 7) is 1.90. The van der Waals surface area contributed by atoms with Crippen LogP contribution < -0.4 is 11.2 Å². The molecule has 0 aliphatic carbocycles. The second kappa shape index (κ2) is 4.35. The van der Waals surface area contributed by atoms with E-state index in [-0.39, 0.29) is 5.52 Å². The highest BCUT2D eigenvalue weighted by molar-refractivity contribution is 6.31. The summed E-state index contributed by atoms with van der Waals surface area (Å²) in [4.78, 5) is 32.7. The van der Waals surface area contributed by atoms with Crippen molar-refractivity contribution in [2.45, 2.75) is 6.92 Å². The highest BCUT2D eigenvalue weighted by Crippen LogP contribution is 2.24. The summed E-state index contributed by atoms with van der Waals surface area (Å²) >= 11 is 6.09. The van der Waals surface area contributed by atoms with Crippen LogP contribution in [0.2, 0.25) is 5.02 Å². The molecule has 0 aliphatic heterocycles. The predicted molar refractivity (Wildman–Crippen MR) is 77.1 cm³/mol. The zero-order chi connectivity index (χ0) is 14.4. The number of aryl methyl sites for hydroxylation is 2. The van der Waals surface area contributed by atoms with Gasteiger partial charge in [0.25, 0.3) is 5.56 Å². The fourth-order valence-corrected chi connectivity index (χ4v) is 2.16. The zero-order valence-corrected chi connectivity index (χ0v) is 11.6. The van der Waals surface area contributed by atoms with Crippen LogP contribution in [-0.4, -0.2) is 19.5 Å². The van der Waals surface area contributed by atoms with Crippen molar-refractivity contribution in [1.82, 2.24) is 19.5 Å². The molecule has 0 saturated carbocycles. The third-order valence-electron chi connectivity index (χ3n) is 3.20. The summed E-state index contributed by atoms with van der Waals surface area (Å²) in [5, 5.41) is 0.616. The van der Waals surface area contributed by atoms with Crippen molar-refractivity contribution >= 4 is 22.8 Å². The predicted octanol–water partition coefficient (Wildman–Crippen LogP) is 1.58. The smallest absolute Gasteiger partial charge is 0.329 e. The van der Waals surface area contributed by atoms with Gasteiger partial charge in [0, 0.05) is 17.6 Å². The number of aromatic nitrogens is 4. The number of H-pyrrole nitrogens is 2. The van der Waals surface area contributed by atoms with Crippen LogP contribution in [0.3, 0.4) is 0 Å². The molecule has 2 heterocycles. The van der Waals surface area contributed by atoms with Crippen molar-refractivity contribution in [1.29, 1.82) is 0 Å². The minimum Gasteiger partial charge on any atom is -0.332 e. The van der Waals surface area contributed by atoms with Gasteiger partial charge in [0.1, 0.15) is 11.3 Å². The first kappa shape index (κ1) is 12.7. The van der Waals surface area contributed by atoms with Crippen molar-refractivity contribution in [3.63, 3.8) is 0 Å². The van der Waals surface area contributed by atoms with Gasteiger partial charge in [0.2, 0.25) is 0 Å². The van der Waals surface area contributed by atoms with Gasteiger partial charge in [0.05, 0.1) is 0 Å². The number of fused-ring (bicyclic) bond motifs is 1. The SMILES string of the molecule is Cc1ccc(-c2nc3c([nH]2)c(=O)[nH]c(=O)n3C)cc1Cl. The van der Waals surface area contributed by atoms with E-state index in [1.165, 1.54) is 4.57 Å². The van der Waals surface area contributed by atoms with Crippen molar-refractivity contribution in [2.24, 2.45) is 7.05 Å². The Morgan fingerprint density at radius 2 is 2.00 bits per heavy atom. The maximum Gasteiger partial charge on any atom is 0.329 e. The molecule has 0 spiro atoms. The van der Waals surface area contributed by atoms with Gasteiger partial charge in [-0.3, -0.25) is 14.3 Å². The molecule has 0 aliphatic rings. The second-order valence-electron chi connectivity index (χ2n) is 4.57. The number of nitrogens with one attached hydrogen (secondary N) is 2. The number of rotatable bonds is 1. The molecule has 0 radical (unpaired) electrons. The summed E-state index contributed by atoms with van der Waals surface area (Å²) in [7, 11) is 1.55. The van der Waals surface area contributed by atoms with Gasteiger partial charge in [0.15, 0.2) is 5.65 Å². The maximum atomic E-state index is 11.8. The van der Waals surface area contributed by atoms with E-state index in [0.717, 1.165) is 11.1 Å². The largest absolute Gasteiger partial charge is 0.332 e. The molecule has 0 fully saturated rings. The van der Waals surface area contributed by atoms with Crippen molar-refractivity contribution in [3.8, 4) is 11.4 Å². The Bertz CT molecular complexity index is 936. The van der Waals surface area contributed by atoms with E-state index in [1.807, 2.05) is 19.1 Å². The van der Waals surface area contributed by atoms with E-state index >= 15 is 0 Å². The lowest BCUT2D eigenvalue weighted by Crippen LogP contribution is -2.28. The van der Waals surface area contributed by atoms with Gasteiger partial charge in [-0.25, -0.2) is 9.78 Å². The molecule has 0 atom stereocenters. The molecule has 3 rings (SSSR count). The first-order valence-electron chi connectivity index (χ1n) is 5.93. The number of imidazole rings is 1. The third-order valence-corrected chi connectivity index (χ3v) is 3.61. The summed E-state index contributed by atoms with van der Waals surface area (Å²) in [5.74, 6) is 0.494. The highest BCUT2D eigenvalue weighted by Gasteiger charge is 2.12. The molecule has 0 amide bonds. The Balaban J connectivity index is 2.31. The lowest BCUT2D eigenvalue weighted by atomic mass is 10.1. The Morgan fingerprint density at radius 1 is 1.25 bits per heavy atom. The first-order chi connectivity index (χ1) is 9.47. The molecule has 3 aromatic rings. The van der Waals surface area contributed by atoms with E-state index in [1.54, 1.807) is 13.1 Å². The number of hydrogen-bond acceptors (Lipinski definition) is 3. The topological polar surface area (TPSA) is 83.5 Å². The lowest BCUT2D eigenvalue weighted by Gasteiger charge is -2.00. The summed E-state index contributed by atoms with van der Waals surface area (Å²) in [5.41, 5.74) is 1.30. The Labute approximate surface area is 118 Å². The van der Waals surface area contributed by atoms with Gasteiger partial charge in [-0.2, -0.15) is 0 Å². The quantitative estimate of drug-likeness (QED) is 0.714. The monoisotopic (exact) mass is 290 g/mol. The fourth-order valence-electron chi connectivity index (χ4n) is 1.98. The molecule has 1 aromatic carbocycles. The van der Waals surface area contributed by atoms with Crippen LogP contribution in [0.25, 0.3) is 22.6 Å². The van der Waals surface area contributed by atoms with Gasteiger partial charge in [-0.05, 0) is 18.6 Å². The minimum absolute atomic E-state index is 0.263. The molecule has 7 heteroatoms. The maximum absolute atomic E-state index is 11.8. The van der Waals surface area contributed by atoms with E-state index in [0.29, 0.717) is 16.5 Å². The standard InChI is InChI=1S/C13H11ClN4O2/c1-6-3-4-7(5-8(6)14)10-15-9-11(16-10)18(2)13(20)17-12(9)19/h3-5H,1-2H3,(H,15,16)(H,17,19,20). The fraction of sp³-hybridized carbons (Fsp3) is 0.154. The summed E-state index contributed by atoms with van der Waals surface area (Å²) in [6.07, 6.45) is 0. The summed E-state index contributed by atoms with van der Waals surface area (Å²) < 4.78 is 1.28. The number of hydrogen-bond donors (Lipinski definition) is 2. The molecule has 6 nitrogen and oxygen atoms in total. The molecule has 2 N–H and O–H groups in total. The second-order valence-corrected chi connectivity index (χ2v) is 4.97. The molecule has 0 saturated heterocycles.